The van der Waals surface area contributed by atoms with Crippen molar-refractivity contribution in [3.8, 4) is 0 Å². The second kappa shape index (κ2) is 11.0. The fourth-order valence-electron chi connectivity index (χ4n) is 2.23. The molecule has 2 amide bonds. The highest BCUT2D eigenvalue weighted by Crippen LogP contribution is 2.14. The standard InChI is InChI=1S/C17H23FN8O2S/c1-21-15(27)13(19)10-26(20)9-11(18)5-6-14-24-25-17(29-14)16(28)23-8-12-4-2-3-7-22-12/h2-4,7,10-11H,5-6,8-9,19-20H2,1H3,(H,21,27)(H,23,28)/b13-10-. The summed E-state index contributed by atoms with van der Waals surface area (Å²) in [7, 11) is 1.43. The van der Waals surface area contributed by atoms with E-state index >= 15 is 0 Å². The zero-order chi connectivity index (χ0) is 21.2. The molecule has 156 valence electrons. The van der Waals surface area contributed by atoms with Gasteiger partial charge in [0.25, 0.3) is 11.8 Å². The number of hydrogen-bond donors (Lipinski definition) is 4. The van der Waals surface area contributed by atoms with Crippen molar-refractivity contribution < 1.29 is 14.0 Å². The van der Waals surface area contributed by atoms with Crippen LogP contribution in [0.25, 0.3) is 0 Å². The molecule has 2 aromatic rings. The summed E-state index contributed by atoms with van der Waals surface area (Å²) in [6.45, 7) is 0.133. The van der Waals surface area contributed by atoms with Crippen molar-refractivity contribution in [1.29, 1.82) is 0 Å². The lowest BCUT2D eigenvalue weighted by molar-refractivity contribution is -0.117. The molecule has 0 saturated carbocycles. The summed E-state index contributed by atoms with van der Waals surface area (Å²) in [6.07, 6.45) is 1.96. The molecule has 10 nitrogen and oxygen atoms in total. The van der Waals surface area contributed by atoms with Crippen LogP contribution in [0.1, 0.15) is 26.9 Å². The molecule has 2 rings (SSSR count). The Morgan fingerprint density at radius 2 is 2.17 bits per heavy atom. The maximum atomic E-state index is 14.1. The third-order valence-electron chi connectivity index (χ3n) is 3.69. The van der Waals surface area contributed by atoms with Crippen LogP contribution in [0.2, 0.25) is 0 Å². The van der Waals surface area contributed by atoms with Gasteiger partial charge in [0.05, 0.1) is 18.8 Å². The Labute approximate surface area is 171 Å². The van der Waals surface area contributed by atoms with Crippen LogP contribution < -0.4 is 22.2 Å². The van der Waals surface area contributed by atoms with E-state index in [0.29, 0.717) is 11.4 Å². The van der Waals surface area contributed by atoms with Gasteiger partial charge in [-0.15, -0.1) is 10.2 Å². The van der Waals surface area contributed by atoms with Crippen molar-refractivity contribution in [3.63, 3.8) is 0 Å². The van der Waals surface area contributed by atoms with E-state index < -0.39 is 12.1 Å². The summed E-state index contributed by atoms with van der Waals surface area (Å²) in [5.41, 5.74) is 6.12. The monoisotopic (exact) mass is 422 g/mol. The molecule has 0 bridgehead atoms. The van der Waals surface area contributed by atoms with Crippen molar-refractivity contribution >= 4 is 23.2 Å². The topological polar surface area (TPSA) is 152 Å². The van der Waals surface area contributed by atoms with E-state index in [0.717, 1.165) is 22.0 Å². The van der Waals surface area contributed by atoms with Crippen LogP contribution in [0, 0.1) is 0 Å². The normalized spacial score (nSPS) is 12.3. The lowest BCUT2D eigenvalue weighted by Crippen LogP contribution is -2.35. The first-order valence-corrected chi connectivity index (χ1v) is 9.56. The number of pyridine rings is 1. The second-order valence-electron chi connectivity index (χ2n) is 6.00. The van der Waals surface area contributed by atoms with E-state index in [1.165, 1.54) is 13.2 Å². The molecule has 0 fully saturated rings. The molecule has 0 aliphatic carbocycles. The second-order valence-corrected chi connectivity index (χ2v) is 7.06. The molecule has 2 heterocycles. The number of hydrazine groups is 1. The Balaban J connectivity index is 1.77. The molecular weight excluding hydrogens is 399 g/mol. The highest BCUT2D eigenvalue weighted by atomic mass is 32.1. The number of aromatic nitrogens is 3. The quantitative estimate of drug-likeness (QED) is 0.234. The van der Waals surface area contributed by atoms with Crippen LogP contribution in [0.3, 0.4) is 0 Å². The Hall–Kier alpha value is -3.12. The maximum absolute atomic E-state index is 14.1. The summed E-state index contributed by atoms with van der Waals surface area (Å²) in [4.78, 5) is 27.5. The fraction of sp³-hybridized carbons (Fsp3) is 0.353. The predicted molar refractivity (Wildman–Crippen MR) is 106 cm³/mol. The van der Waals surface area contributed by atoms with E-state index in [1.807, 2.05) is 6.07 Å². The van der Waals surface area contributed by atoms with Crippen molar-refractivity contribution in [1.82, 2.24) is 30.8 Å². The van der Waals surface area contributed by atoms with Crippen LogP contribution in [-0.2, 0) is 17.8 Å². The minimum absolute atomic E-state index is 0.118. The van der Waals surface area contributed by atoms with Crippen molar-refractivity contribution in [2.24, 2.45) is 11.6 Å². The summed E-state index contributed by atoms with van der Waals surface area (Å²) in [5.74, 6) is 4.77. The number of amides is 2. The van der Waals surface area contributed by atoms with Gasteiger partial charge in [0.15, 0.2) is 0 Å². The van der Waals surface area contributed by atoms with Gasteiger partial charge in [0.1, 0.15) is 16.9 Å². The molecule has 29 heavy (non-hydrogen) atoms. The van der Waals surface area contributed by atoms with E-state index in [2.05, 4.69) is 25.8 Å². The molecule has 0 spiro atoms. The maximum Gasteiger partial charge on any atom is 0.282 e. The minimum Gasteiger partial charge on any atom is -0.393 e. The molecule has 12 heteroatoms. The van der Waals surface area contributed by atoms with Gasteiger partial charge in [-0.05, 0) is 18.6 Å². The number of hydrogen-bond acceptors (Lipinski definition) is 9. The molecule has 2 aromatic heterocycles. The van der Waals surface area contributed by atoms with E-state index in [-0.39, 0.29) is 36.1 Å². The van der Waals surface area contributed by atoms with Gasteiger partial charge in [-0.3, -0.25) is 14.6 Å². The molecule has 1 atom stereocenters. The van der Waals surface area contributed by atoms with Gasteiger partial charge in [0.2, 0.25) is 5.01 Å². The first-order chi connectivity index (χ1) is 13.9. The molecule has 0 aromatic carbocycles. The molecule has 0 saturated heterocycles. The van der Waals surface area contributed by atoms with Crippen molar-refractivity contribution in [2.45, 2.75) is 25.6 Å². The number of nitrogens with two attached hydrogens (primary N) is 2. The largest absolute Gasteiger partial charge is 0.393 e. The summed E-state index contributed by atoms with van der Waals surface area (Å²) in [6, 6.07) is 5.42. The summed E-state index contributed by atoms with van der Waals surface area (Å²) >= 11 is 1.10. The van der Waals surface area contributed by atoms with E-state index in [9.17, 15) is 14.0 Å². The van der Waals surface area contributed by atoms with E-state index in [1.54, 1.807) is 18.3 Å². The van der Waals surface area contributed by atoms with Gasteiger partial charge in [-0.1, -0.05) is 17.4 Å². The van der Waals surface area contributed by atoms with Gasteiger partial charge in [0, 0.05) is 25.9 Å². The third-order valence-corrected chi connectivity index (χ3v) is 4.67. The van der Waals surface area contributed by atoms with Crippen molar-refractivity contribution in [3.05, 3.63) is 52.0 Å². The number of carbonyl (C=O) groups is 2. The molecule has 0 aliphatic rings. The highest BCUT2D eigenvalue weighted by molar-refractivity contribution is 7.13. The number of halogens is 1. The predicted octanol–water partition coefficient (Wildman–Crippen LogP) is -0.144. The molecular formula is C17H23FN8O2S. The van der Waals surface area contributed by atoms with Gasteiger partial charge in [-0.2, -0.15) is 0 Å². The van der Waals surface area contributed by atoms with Gasteiger partial charge < -0.3 is 21.4 Å². The number of rotatable bonds is 10. The number of aryl methyl sites for hydroxylation is 1. The van der Waals surface area contributed by atoms with Crippen LogP contribution in [-0.4, -0.2) is 51.8 Å². The number of alkyl halides is 1. The first-order valence-electron chi connectivity index (χ1n) is 8.74. The van der Waals surface area contributed by atoms with Gasteiger partial charge >= 0.3 is 0 Å². The zero-order valence-electron chi connectivity index (χ0n) is 15.8. The number of carbonyl (C=O) groups excluding carboxylic acids is 2. The van der Waals surface area contributed by atoms with Crippen LogP contribution in [0.4, 0.5) is 4.39 Å². The third kappa shape index (κ3) is 7.43. The molecule has 1 unspecified atom stereocenters. The summed E-state index contributed by atoms with van der Waals surface area (Å²) in [5, 5.41) is 14.6. The first kappa shape index (κ1) is 22.2. The number of nitrogens with zero attached hydrogens (tertiary/aromatic N) is 4. The van der Waals surface area contributed by atoms with E-state index in [4.69, 9.17) is 11.6 Å². The van der Waals surface area contributed by atoms with Crippen molar-refractivity contribution in [2.75, 3.05) is 13.6 Å². The minimum atomic E-state index is -1.28. The number of likely N-dealkylation sites (N-methyl/N-ethyl adjacent to an activating group) is 1. The fourth-order valence-corrected chi connectivity index (χ4v) is 3.00. The zero-order valence-corrected chi connectivity index (χ0v) is 16.7. The molecule has 0 radical (unpaired) electrons. The Morgan fingerprint density at radius 1 is 1.38 bits per heavy atom. The van der Waals surface area contributed by atoms with Crippen LogP contribution in [0.5, 0.6) is 0 Å². The number of nitrogens with one attached hydrogen (secondary N) is 2. The van der Waals surface area contributed by atoms with Crippen LogP contribution >= 0.6 is 11.3 Å². The average Bonchev–Trinajstić information content (AvgIpc) is 3.19. The summed E-state index contributed by atoms with van der Waals surface area (Å²) < 4.78 is 14.1. The highest BCUT2D eigenvalue weighted by Gasteiger charge is 2.16. The smallest absolute Gasteiger partial charge is 0.282 e. The lowest BCUT2D eigenvalue weighted by Gasteiger charge is -2.17. The molecule has 6 N–H and O–H groups in total. The average molecular weight is 422 g/mol. The molecule has 0 aliphatic heterocycles. The lowest BCUT2D eigenvalue weighted by atomic mass is 10.2. The Bertz CT molecular complexity index is 845. The SMILES string of the molecule is CNC(=O)/C(N)=C/N(N)CC(F)CCc1nnc(C(=O)NCc2ccccn2)s1. The Morgan fingerprint density at radius 3 is 2.86 bits per heavy atom. The van der Waals surface area contributed by atoms with Gasteiger partial charge in [-0.25, -0.2) is 10.2 Å². The van der Waals surface area contributed by atoms with Crippen LogP contribution in [0.15, 0.2) is 36.3 Å². The Kier molecular flexibility index (Phi) is 8.43.